The van der Waals surface area contributed by atoms with Crippen LogP contribution in [0.5, 0.6) is 0 Å². The summed E-state index contributed by atoms with van der Waals surface area (Å²) in [6.07, 6.45) is 16.5. The van der Waals surface area contributed by atoms with Gasteiger partial charge >= 0.3 is 5.97 Å². The molecule has 4 fully saturated rings. The summed E-state index contributed by atoms with van der Waals surface area (Å²) in [5.41, 5.74) is 3.47. The molecule has 0 aliphatic heterocycles. The number of carbonyl (C=O) groups excluding carboxylic acids is 1. The molecule has 0 heterocycles. The Morgan fingerprint density at radius 3 is 2.61 bits per heavy atom. The quantitative estimate of drug-likeness (QED) is 0.313. The van der Waals surface area contributed by atoms with Gasteiger partial charge in [-0.1, -0.05) is 44.2 Å². The number of ether oxygens (including phenoxy) is 1. The van der Waals surface area contributed by atoms with Gasteiger partial charge in [-0.2, -0.15) is 0 Å². The second-order valence-corrected chi connectivity index (χ2v) is 12.2. The lowest BCUT2D eigenvalue weighted by Gasteiger charge is -2.44. The smallest absolute Gasteiger partial charge is 0.311 e. The van der Waals surface area contributed by atoms with Crippen molar-refractivity contribution in [1.29, 1.82) is 0 Å². The zero-order chi connectivity index (χ0) is 26.0. The fourth-order valence-corrected chi connectivity index (χ4v) is 7.07. The summed E-state index contributed by atoms with van der Waals surface area (Å²) < 4.78 is 5.76. The van der Waals surface area contributed by atoms with Crippen LogP contribution in [0.1, 0.15) is 78.6 Å². The van der Waals surface area contributed by atoms with Crippen molar-refractivity contribution in [1.82, 2.24) is 0 Å². The number of hydrogen-bond acceptors (Lipinski definition) is 5. The average Bonchev–Trinajstić information content (AvgIpc) is 3.63. The van der Waals surface area contributed by atoms with Gasteiger partial charge in [0.1, 0.15) is 6.10 Å². The van der Waals surface area contributed by atoms with E-state index in [1.165, 1.54) is 31.3 Å². The number of aliphatic hydroxyl groups excluding tert-OH is 3. The van der Waals surface area contributed by atoms with Gasteiger partial charge in [0.05, 0.1) is 24.7 Å². The highest BCUT2D eigenvalue weighted by molar-refractivity contribution is 5.72. The first-order valence-electron chi connectivity index (χ1n) is 14.1. The molecule has 0 saturated heterocycles. The van der Waals surface area contributed by atoms with Crippen LogP contribution >= 0.6 is 0 Å². The molecule has 0 aromatic carbocycles. The summed E-state index contributed by atoms with van der Waals surface area (Å²) in [7, 11) is 0. The van der Waals surface area contributed by atoms with Gasteiger partial charge in [0, 0.05) is 6.42 Å². The Morgan fingerprint density at radius 2 is 1.92 bits per heavy atom. The van der Waals surface area contributed by atoms with Crippen molar-refractivity contribution in [2.75, 3.05) is 6.61 Å². The minimum atomic E-state index is -0.649. The zero-order valence-electron chi connectivity index (χ0n) is 22.4. The number of aliphatic hydroxyl groups is 3. The molecule has 0 aromatic rings. The average molecular weight is 499 g/mol. The van der Waals surface area contributed by atoms with E-state index in [2.05, 4.69) is 44.7 Å². The molecule has 5 heteroatoms. The molecule has 1 unspecified atom stereocenters. The number of esters is 1. The molecule has 36 heavy (non-hydrogen) atoms. The first-order chi connectivity index (χ1) is 17.1. The van der Waals surface area contributed by atoms with E-state index in [-0.39, 0.29) is 24.1 Å². The number of hydrogen-bond donors (Lipinski definition) is 3. The maximum atomic E-state index is 12.3. The standard InChI is InChI=1S/C31H46O5/c1-19(7-14-29(23-9-10-23)36-30(35)20(2)18-32)26-12-13-27-22(6-5-15-31(26,27)4)8-11-24-16-25(33)17-28(34)21(24)3/h7-8,11,14,19-20,23,25-29,32-34H,3,5-6,9-10,12-13,15-18H2,1-2,4H3/t19-,20?,25-,26-,27+,28+,29+,31-/m1/s1. The third-order valence-corrected chi connectivity index (χ3v) is 9.56. The summed E-state index contributed by atoms with van der Waals surface area (Å²) in [6, 6.07) is 0. The summed E-state index contributed by atoms with van der Waals surface area (Å²) in [5.74, 6) is 1.16. The van der Waals surface area contributed by atoms with Crippen molar-refractivity contribution in [3.8, 4) is 0 Å². The zero-order valence-corrected chi connectivity index (χ0v) is 22.4. The maximum Gasteiger partial charge on any atom is 0.311 e. The maximum absolute atomic E-state index is 12.3. The number of fused-ring (bicyclic) bond motifs is 1. The lowest BCUT2D eigenvalue weighted by atomic mass is 9.61. The molecule has 5 nitrogen and oxygen atoms in total. The van der Waals surface area contributed by atoms with Gasteiger partial charge in [0.15, 0.2) is 0 Å². The highest BCUT2D eigenvalue weighted by atomic mass is 16.5. The molecule has 4 aliphatic carbocycles. The largest absolute Gasteiger partial charge is 0.458 e. The van der Waals surface area contributed by atoms with Crippen LogP contribution in [0.25, 0.3) is 0 Å². The van der Waals surface area contributed by atoms with Gasteiger partial charge in [-0.05, 0) is 105 Å². The summed E-state index contributed by atoms with van der Waals surface area (Å²) >= 11 is 0. The van der Waals surface area contributed by atoms with Gasteiger partial charge in [0.2, 0.25) is 0 Å². The van der Waals surface area contributed by atoms with Crippen molar-refractivity contribution in [2.45, 2.75) is 96.9 Å². The Balaban J connectivity index is 1.45. The third kappa shape index (κ3) is 5.89. The summed E-state index contributed by atoms with van der Waals surface area (Å²) in [4.78, 5) is 12.3. The van der Waals surface area contributed by atoms with Crippen LogP contribution in [-0.2, 0) is 9.53 Å². The van der Waals surface area contributed by atoms with Crippen molar-refractivity contribution in [3.05, 3.63) is 47.6 Å². The van der Waals surface area contributed by atoms with E-state index in [4.69, 9.17) is 4.74 Å². The molecule has 0 aromatic heterocycles. The van der Waals surface area contributed by atoms with E-state index in [9.17, 15) is 20.1 Å². The molecule has 3 N–H and O–H groups in total. The van der Waals surface area contributed by atoms with E-state index in [0.717, 1.165) is 30.4 Å². The first-order valence-corrected chi connectivity index (χ1v) is 14.1. The van der Waals surface area contributed by atoms with Gasteiger partial charge in [-0.3, -0.25) is 4.79 Å². The monoisotopic (exact) mass is 498 g/mol. The molecular weight excluding hydrogens is 452 g/mol. The second-order valence-electron chi connectivity index (χ2n) is 12.2. The molecule has 4 saturated carbocycles. The van der Waals surface area contributed by atoms with Gasteiger partial charge in [-0.25, -0.2) is 0 Å². The highest BCUT2D eigenvalue weighted by Crippen LogP contribution is 2.59. The van der Waals surface area contributed by atoms with Crippen molar-refractivity contribution in [3.63, 3.8) is 0 Å². The Morgan fingerprint density at radius 1 is 1.17 bits per heavy atom. The molecule has 200 valence electrons. The lowest BCUT2D eigenvalue weighted by molar-refractivity contribution is -0.153. The Bertz CT molecular complexity index is 912. The first kappa shape index (κ1) is 27.3. The van der Waals surface area contributed by atoms with Crippen molar-refractivity contribution < 1.29 is 24.9 Å². The topological polar surface area (TPSA) is 87.0 Å². The minimum absolute atomic E-state index is 0.179. The Kier molecular flexibility index (Phi) is 8.63. The fraction of sp³-hybridized carbons (Fsp3) is 0.710. The van der Waals surface area contributed by atoms with Crippen molar-refractivity contribution >= 4 is 5.97 Å². The predicted octanol–water partition coefficient (Wildman–Crippen LogP) is 5.27. The Hall–Kier alpha value is -1.69. The molecule has 4 rings (SSSR count). The SMILES string of the molecule is C=C1C(=CC=C2CCC[C@]3(C)[C@@H]([C@H](C)C=C[C@H](OC(=O)C(C)CO)C4CC4)CC[C@@H]23)C[C@@H](O)C[C@@H]1O. The molecule has 0 bridgehead atoms. The molecule has 0 amide bonds. The predicted molar refractivity (Wildman–Crippen MR) is 142 cm³/mol. The highest BCUT2D eigenvalue weighted by Gasteiger charge is 2.50. The van der Waals surface area contributed by atoms with E-state index in [1.807, 2.05) is 0 Å². The van der Waals surface area contributed by atoms with E-state index in [1.54, 1.807) is 6.92 Å². The van der Waals surface area contributed by atoms with Crippen LogP contribution in [0.15, 0.2) is 47.6 Å². The van der Waals surface area contributed by atoms with Crippen LogP contribution in [0, 0.1) is 35.0 Å². The van der Waals surface area contributed by atoms with Gasteiger partial charge in [0.25, 0.3) is 0 Å². The second kappa shape index (κ2) is 11.4. The normalized spacial score (nSPS) is 37.8. The fourth-order valence-electron chi connectivity index (χ4n) is 7.07. The minimum Gasteiger partial charge on any atom is -0.458 e. The number of rotatable bonds is 8. The van der Waals surface area contributed by atoms with Crippen LogP contribution in [0.4, 0.5) is 0 Å². The van der Waals surface area contributed by atoms with Crippen LogP contribution in [0.3, 0.4) is 0 Å². The van der Waals surface area contributed by atoms with Gasteiger partial charge < -0.3 is 20.1 Å². The lowest BCUT2D eigenvalue weighted by Crippen LogP contribution is -2.35. The number of carbonyl (C=O) groups is 1. The molecule has 0 spiro atoms. The number of allylic oxidation sites excluding steroid dienone is 4. The summed E-state index contributed by atoms with van der Waals surface area (Å²) in [6.45, 7) is 10.4. The molecular formula is C31H46O5. The van der Waals surface area contributed by atoms with E-state index < -0.39 is 18.1 Å². The van der Waals surface area contributed by atoms with Crippen LogP contribution in [-0.4, -0.2) is 46.2 Å². The summed E-state index contributed by atoms with van der Waals surface area (Å²) in [5, 5.41) is 29.6. The van der Waals surface area contributed by atoms with E-state index >= 15 is 0 Å². The molecule has 8 atom stereocenters. The van der Waals surface area contributed by atoms with Crippen LogP contribution < -0.4 is 0 Å². The third-order valence-electron chi connectivity index (χ3n) is 9.56. The Labute approximate surface area is 217 Å². The van der Waals surface area contributed by atoms with Crippen LogP contribution in [0.2, 0.25) is 0 Å². The molecule has 0 radical (unpaired) electrons. The van der Waals surface area contributed by atoms with Gasteiger partial charge in [-0.15, -0.1) is 0 Å². The van der Waals surface area contributed by atoms with Crippen molar-refractivity contribution in [2.24, 2.45) is 35.0 Å². The van der Waals surface area contributed by atoms with E-state index in [0.29, 0.717) is 36.5 Å². The molecule has 4 aliphatic rings.